The molecule has 1 heterocycles. The second-order valence-corrected chi connectivity index (χ2v) is 3.92. The fourth-order valence-corrected chi connectivity index (χ4v) is 1.60. The number of rotatable bonds is 5. The van der Waals surface area contributed by atoms with Crippen LogP contribution in [0.5, 0.6) is 0 Å². The standard InChI is InChI=1S/C10H15N3O5/c1-3-12(6-9(16)17)7(14)5-13-8(15)4-11(2)10(13)18/h3-6H2,1-2H3,(H,16,17). The smallest absolute Gasteiger partial charge is 0.327 e. The second-order valence-electron chi connectivity index (χ2n) is 3.92. The number of hydrogen-bond acceptors (Lipinski definition) is 4. The molecule has 1 rings (SSSR count). The van der Waals surface area contributed by atoms with Crippen molar-refractivity contribution >= 4 is 23.8 Å². The van der Waals surface area contributed by atoms with Crippen molar-refractivity contribution < 1.29 is 24.3 Å². The summed E-state index contributed by atoms with van der Waals surface area (Å²) in [5.74, 6) is -2.15. The summed E-state index contributed by atoms with van der Waals surface area (Å²) in [5.41, 5.74) is 0. The first kappa shape index (κ1) is 13.9. The van der Waals surface area contributed by atoms with Crippen molar-refractivity contribution in [3.63, 3.8) is 0 Å². The van der Waals surface area contributed by atoms with Gasteiger partial charge in [0.15, 0.2) is 0 Å². The van der Waals surface area contributed by atoms with Gasteiger partial charge in [-0.15, -0.1) is 0 Å². The molecule has 0 aromatic heterocycles. The van der Waals surface area contributed by atoms with Crippen LogP contribution in [-0.4, -0.2) is 76.8 Å². The van der Waals surface area contributed by atoms with Gasteiger partial charge in [0.2, 0.25) is 5.91 Å². The lowest BCUT2D eigenvalue weighted by atomic mass is 10.4. The lowest BCUT2D eigenvalue weighted by Crippen LogP contribution is -2.44. The summed E-state index contributed by atoms with van der Waals surface area (Å²) in [5, 5.41) is 8.62. The van der Waals surface area contributed by atoms with Crippen LogP contribution in [0.25, 0.3) is 0 Å². The molecule has 0 unspecified atom stereocenters. The highest BCUT2D eigenvalue weighted by atomic mass is 16.4. The number of hydrogen-bond donors (Lipinski definition) is 1. The zero-order chi connectivity index (χ0) is 13.9. The molecule has 4 amide bonds. The van der Waals surface area contributed by atoms with Crippen LogP contribution >= 0.6 is 0 Å². The summed E-state index contributed by atoms with van der Waals surface area (Å²) in [6.07, 6.45) is 0. The van der Waals surface area contributed by atoms with Gasteiger partial charge < -0.3 is 14.9 Å². The number of likely N-dealkylation sites (N-methyl/N-ethyl adjacent to an activating group) is 2. The molecule has 100 valence electrons. The molecule has 0 bridgehead atoms. The number of urea groups is 1. The van der Waals surface area contributed by atoms with E-state index in [2.05, 4.69) is 0 Å². The van der Waals surface area contributed by atoms with Gasteiger partial charge in [0.1, 0.15) is 19.6 Å². The molecule has 1 fully saturated rings. The summed E-state index contributed by atoms with van der Waals surface area (Å²) < 4.78 is 0. The monoisotopic (exact) mass is 257 g/mol. The molecular weight excluding hydrogens is 242 g/mol. The fourth-order valence-electron chi connectivity index (χ4n) is 1.60. The van der Waals surface area contributed by atoms with E-state index in [-0.39, 0.29) is 13.1 Å². The third-order valence-corrected chi connectivity index (χ3v) is 2.58. The maximum absolute atomic E-state index is 11.8. The van der Waals surface area contributed by atoms with Crippen molar-refractivity contribution in [3.05, 3.63) is 0 Å². The highest BCUT2D eigenvalue weighted by Gasteiger charge is 2.35. The summed E-state index contributed by atoms with van der Waals surface area (Å²) in [6, 6.07) is -0.542. The molecule has 0 spiro atoms. The Kier molecular flexibility index (Phi) is 4.24. The van der Waals surface area contributed by atoms with E-state index in [1.54, 1.807) is 6.92 Å². The summed E-state index contributed by atoms with van der Waals surface area (Å²) in [6.45, 7) is 0.916. The van der Waals surface area contributed by atoms with Gasteiger partial charge in [-0.25, -0.2) is 4.79 Å². The minimum atomic E-state index is -1.14. The number of nitrogens with zero attached hydrogens (tertiary/aromatic N) is 3. The predicted octanol–water partition coefficient (Wildman–Crippen LogP) is -1.19. The average Bonchev–Trinajstić information content (AvgIpc) is 2.52. The van der Waals surface area contributed by atoms with Crippen molar-refractivity contribution in [1.82, 2.24) is 14.7 Å². The lowest BCUT2D eigenvalue weighted by Gasteiger charge is -2.21. The number of aliphatic carboxylic acids is 1. The second kappa shape index (κ2) is 5.48. The van der Waals surface area contributed by atoms with Gasteiger partial charge in [0, 0.05) is 13.6 Å². The number of imide groups is 1. The van der Waals surface area contributed by atoms with Gasteiger partial charge in [-0.1, -0.05) is 0 Å². The first-order valence-corrected chi connectivity index (χ1v) is 5.41. The first-order valence-electron chi connectivity index (χ1n) is 5.41. The number of carboxylic acids is 1. The van der Waals surface area contributed by atoms with Crippen molar-refractivity contribution in [2.75, 3.05) is 33.2 Å². The van der Waals surface area contributed by atoms with E-state index in [1.807, 2.05) is 0 Å². The Morgan fingerprint density at radius 2 is 2.00 bits per heavy atom. The van der Waals surface area contributed by atoms with Gasteiger partial charge in [0.05, 0.1) is 0 Å². The third-order valence-electron chi connectivity index (χ3n) is 2.58. The first-order chi connectivity index (χ1) is 8.36. The molecule has 1 aliphatic rings. The fraction of sp³-hybridized carbons (Fsp3) is 0.600. The quantitative estimate of drug-likeness (QED) is 0.625. The van der Waals surface area contributed by atoms with Gasteiger partial charge in [-0.2, -0.15) is 0 Å². The molecule has 8 heteroatoms. The van der Waals surface area contributed by atoms with Gasteiger partial charge >= 0.3 is 12.0 Å². The Hall–Kier alpha value is -2.12. The van der Waals surface area contributed by atoms with Gasteiger partial charge in [-0.05, 0) is 6.92 Å². The lowest BCUT2D eigenvalue weighted by molar-refractivity contribution is -0.145. The molecule has 18 heavy (non-hydrogen) atoms. The third kappa shape index (κ3) is 2.96. The Bertz CT molecular complexity index is 395. The van der Waals surface area contributed by atoms with E-state index in [0.29, 0.717) is 0 Å². The van der Waals surface area contributed by atoms with Crippen LogP contribution in [0.4, 0.5) is 4.79 Å². The number of amides is 4. The Labute approximate surface area is 104 Å². The van der Waals surface area contributed by atoms with Crippen molar-refractivity contribution in [2.45, 2.75) is 6.92 Å². The average molecular weight is 257 g/mol. The van der Waals surface area contributed by atoms with Crippen molar-refractivity contribution in [3.8, 4) is 0 Å². The maximum atomic E-state index is 11.8. The van der Waals surface area contributed by atoms with Gasteiger partial charge in [0.25, 0.3) is 5.91 Å². The zero-order valence-electron chi connectivity index (χ0n) is 10.3. The summed E-state index contributed by atoms with van der Waals surface area (Å²) in [4.78, 5) is 48.4. The van der Waals surface area contributed by atoms with Crippen LogP contribution < -0.4 is 0 Å². The normalized spacial score (nSPS) is 15.2. The Morgan fingerprint density at radius 1 is 1.39 bits per heavy atom. The molecule has 8 nitrogen and oxygen atoms in total. The van der Waals surface area contributed by atoms with E-state index >= 15 is 0 Å². The minimum absolute atomic E-state index is 0.0584. The predicted molar refractivity (Wildman–Crippen MR) is 59.6 cm³/mol. The van der Waals surface area contributed by atoms with Crippen LogP contribution in [0.1, 0.15) is 6.92 Å². The zero-order valence-corrected chi connectivity index (χ0v) is 10.3. The van der Waals surface area contributed by atoms with E-state index in [4.69, 9.17) is 5.11 Å². The SMILES string of the molecule is CCN(CC(=O)O)C(=O)CN1C(=O)CN(C)C1=O. The van der Waals surface area contributed by atoms with Crippen molar-refractivity contribution in [2.24, 2.45) is 0 Å². The molecular formula is C10H15N3O5. The molecule has 1 saturated heterocycles. The molecule has 0 atom stereocenters. The molecule has 0 saturated carbocycles. The van der Waals surface area contributed by atoms with Gasteiger partial charge in [-0.3, -0.25) is 19.3 Å². The molecule has 1 N–H and O–H groups in total. The Balaban J connectivity index is 2.66. The van der Waals surface area contributed by atoms with Crippen LogP contribution in [0.15, 0.2) is 0 Å². The van der Waals surface area contributed by atoms with E-state index < -0.39 is 36.9 Å². The number of carboxylic acid groups (broad SMARTS) is 1. The summed E-state index contributed by atoms with van der Waals surface area (Å²) in [7, 11) is 1.46. The van der Waals surface area contributed by atoms with E-state index in [9.17, 15) is 19.2 Å². The molecule has 0 aromatic carbocycles. The molecule has 0 aromatic rings. The van der Waals surface area contributed by atoms with Crippen LogP contribution in [0.2, 0.25) is 0 Å². The summed E-state index contributed by atoms with van der Waals surface area (Å²) >= 11 is 0. The largest absolute Gasteiger partial charge is 0.480 e. The minimum Gasteiger partial charge on any atom is -0.480 e. The van der Waals surface area contributed by atoms with Crippen LogP contribution in [0, 0.1) is 0 Å². The molecule has 0 aliphatic carbocycles. The number of carbonyl (C=O) groups excluding carboxylic acids is 3. The molecule has 1 aliphatic heterocycles. The molecule has 0 radical (unpaired) electrons. The highest BCUT2D eigenvalue weighted by molar-refractivity contribution is 6.04. The topological polar surface area (TPSA) is 98.2 Å². The van der Waals surface area contributed by atoms with Crippen LogP contribution in [-0.2, 0) is 14.4 Å². The van der Waals surface area contributed by atoms with Crippen LogP contribution in [0.3, 0.4) is 0 Å². The van der Waals surface area contributed by atoms with Crippen molar-refractivity contribution in [1.29, 1.82) is 0 Å². The van der Waals surface area contributed by atoms with E-state index in [0.717, 1.165) is 9.80 Å². The van der Waals surface area contributed by atoms with E-state index in [1.165, 1.54) is 11.9 Å². The highest BCUT2D eigenvalue weighted by Crippen LogP contribution is 2.08. The maximum Gasteiger partial charge on any atom is 0.327 e. The Morgan fingerprint density at radius 3 is 2.39 bits per heavy atom. The number of carbonyl (C=O) groups is 4.